The minimum atomic E-state index is -4.52. The molecule has 0 saturated heterocycles. The average molecular weight is 467 g/mol. The fourth-order valence-electron chi connectivity index (χ4n) is 4.43. The van der Waals surface area contributed by atoms with Gasteiger partial charge in [-0.2, -0.15) is 26.9 Å². The maximum Gasteiger partial charge on any atom is 0.417 e. The van der Waals surface area contributed by atoms with E-state index >= 15 is 0 Å². The van der Waals surface area contributed by atoms with Gasteiger partial charge in [-0.1, -0.05) is 35.9 Å². The van der Waals surface area contributed by atoms with Gasteiger partial charge in [0.1, 0.15) is 5.82 Å². The molecule has 1 atom stereocenters. The Labute approximate surface area is 186 Å². The summed E-state index contributed by atoms with van der Waals surface area (Å²) in [5.74, 6) is -3.18. The fourth-order valence-corrected chi connectivity index (χ4v) is 4.43. The van der Waals surface area contributed by atoms with Crippen LogP contribution in [-0.2, 0) is 24.6 Å². The second kappa shape index (κ2) is 7.74. The molecule has 6 nitrogen and oxygen atoms in total. The Kier molecular flexibility index (Phi) is 5.41. The van der Waals surface area contributed by atoms with Crippen molar-refractivity contribution in [2.45, 2.75) is 57.5 Å². The summed E-state index contributed by atoms with van der Waals surface area (Å²) in [4.78, 5) is 3.84. The first kappa shape index (κ1) is 23.1. The molecule has 0 spiro atoms. The summed E-state index contributed by atoms with van der Waals surface area (Å²) in [6.07, 6.45) is -3.01. The number of hydrogen-bond donors (Lipinski definition) is 0. The summed E-state index contributed by atoms with van der Waals surface area (Å²) in [6, 6.07) is 5.25. The lowest BCUT2D eigenvalue weighted by atomic mass is 9.72. The lowest BCUT2D eigenvalue weighted by molar-refractivity contribution is -0.137. The quantitative estimate of drug-likeness (QED) is 0.446. The predicted octanol–water partition coefficient (Wildman–Crippen LogP) is 5.91. The summed E-state index contributed by atoms with van der Waals surface area (Å²) >= 11 is 0. The van der Waals surface area contributed by atoms with Gasteiger partial charge in [0.25, 0.3) is 5.89 Å². The zero-order chi connectivity index (χ0) is 24.2. The van der Waals surface area contributed by atoms with Crippen LogP contribution in [0, 0.1) is 0 Å². The standard InChI is InChI=1S/C22H22F5N5O/c1-12-11-20(2,10-9-13(12)16-28-19(33-31-16)21(3,23)24)18-30-29-17(32(18)4)14-7-5-6-8-15(14)22(25,26)27/h5-8H,9-11H2,1-4H3. The van der Waals surface area contributed by atoms with Crippen molar-refractivity contribution in [2.75, 3.05) is 0 Å². The Morgan fingerprint density at radius 1 is 1.09 bits per heavy atom. The topological polar surface area (TPSA) is 69.6 Å². The molecule has 0 aliphatic heterocycles. The van der Waals surface area contributed by atoms with Crippen molar-refractivity contribution in [2.24, 2.45) is 7.05 Å². The number of aromatic nitrogens is 5. The molecule has 1 aromatic carbocycles. The number of hydrogen-bond acceptors (Lipinski definition) is 5. The van der Waals surface area contributed by atoms with E-state index < -0.39 is 29.0 Å². The van der Waals surface area contributed by atoms with Gasteiger partial charge in [-0.3, -0.25) is 0 Å². The smallest absolute Gasteiger partial charge is 0.332 e. The molecule has 33 heavy (non-hydrogen) atoms. The summed E-state index contributed by atoms with van der Waals surface area (Å²) in [5.41, 5.74) is 0.243. The summed E-state index contributed by atoms with van der Waals surface area (Å²) in [6.45, 7) is 4.49. The lowest BCUT2D eigenvalue weighted by Crippen LogP contribution is -2.29. The third kappa shape index (κ3) is 4.16. The molecule has 0 saturated carbocycles. The van der Waals surface area contributed by atoms with Crippen LogP contribution in [0.25, 0.3) is 17.0 Å². The van der Waals surface area contributed by atoms with Crippen molar-refractivity contribution in [1.29, 1.82) is 0 Å². The zero-order valence-corrected chi connectivity index (χ0v) is 18.5. The SMILES string of the molecule is CC1=C(c2noc(C(C)(F)F)n2)CCC(C)(c2nnc(-c3ccccc3C(F)(F)F)n2C)C1. The molecule has 2 aromatic heterocycles. The Balaban J connectivity index is 1.67. The minimum Gasteiger partial charge on any atom is -0.332 e. The molecule has 1 unspecified atom stereocenters. The third-order valence-electron chi connectivity index (χ3n) is 6.06. The lowest BCUT2D eigenvalue weighted by Gasteiger charge is -2.34. The Hall–Kier alpha value is -3.11. The summed E-state index contributed by atoms with van der Waals surface area (Å²) < 4.78 is 73.7. The molecule has 1 aliphatic carbocycles. The Morgan fingerprint density at radius 2 is 1.79 bits per heavy atom. The van der Waals surface area contributed by atoms with E-state index in [1.165, 1.54) is 18.2 Å². The van der Waals surface area contributed by atoms with Gasteiger partial charge in [0.2, 0.25) is 0 Å². The average Bonchev–Trinajstić information content (AvgIpc) is 3.34. The van der Waals surface area contributed by atoms with Crippen molar-refractivity contribution in [3.8, 4) is 11.4 Å². The van der Waals surface area contributed by atoms with Crippen LogP contribution in [0.1, 0.15) is 63.1 Å². The van der Waals surface area contributed by atoms with E-state index in [1.54, 1.807) is 11.6 Å². The number of allylic oxidation sites excluding steroid dienone is 2. The number of benzene rings is 1. The number of alkyl halides is 5. The van der Waals surface area contributed by atoms with Gasteiger partial charge in [-0.05, 0) is 37.8 Å². The van der Waals surface area contributed by atoms with Crippen LogP contribution in [-0.4, -0.2) is 24.9 Å². The van der Waals surface area contributed by atoms with Crippen molar-refractivity contribution < 1.29 is 26.5 Å². The largest absolute Gasteiger partial charge is 0.417 e. The summed E-state index contributed by atoms with van der Waals surface area (Å²) in [5, 5.41) is 12.0. The van der Waals surface area contributed by atoms with Crippen molar-refractivity contribution in [1.82, 2.24) is 24.9 Å². The molecule has 2 heterocycles. The second-order valence-electron chi connectivity index (χ2n) is 8.76. The molecule has 3 aromatic rings. The first-order chi connectivity index (χ1) is 15.3. The number of rotatable bonds is 4. The van der Waals surface area contributed by atoms with Crippen LogP contribution < -0.4 is 0 Å². The molecule has 0 amide bonds. The predicted molar refractivity (Wildman–Crippen MR) is 109 cm³/mol. The Bertz CT molecular complexity index is 1220. The third-order valence-corrected chi connectivity index (χ3v) is 6.06. The summed E-state index contributed by atoms with van der Waals surface area (Å²) in [7, 11) is 1.65. The molecule has 1 aliphatic rings. The maximum absolute atomic E-state index is 13.5. The van der Waals surface area contributed by atoms with Crippen LogP contribution >= 0.6 is 0 Å². The molecule has 4 rings (SSSR count). The second-order valence-corrected chi connectivity index (χ2v) is 8.76. The molecular formula is C22H22F5N5O. The molecule has 0 N–H and O–H groups in total. The fraction of sp³-hybridized carbons (Fsp3) is 0.455. The first-order valence-corrected chi connectivity index (χ1v) is 10.3. The van der Waals surface area contributed by atoms with E-state index in [9.17, 15) is 22.0 Å². The van der Waals surface area contributed by atoms with Crippen molar-refractivity contribution in [3.63, 3.8) is 0 Å². The molecular weight excluding hydrogens is 445 g/mol. The maximum atomic E-state index is 13.5. The first-order valence-electron chi connectivity index (χ1n) is 10.3. The highest BCUT2D eigenvalue weighted by atomic mass is 19.4. The van der Waals surface area contributed by atoms with Crippen LogP contribution in [0.15, 0.2) is 34.4 Å². The molecule has 0 radical (unpaired) electrons. The van der Waals surface area contributed by atoms with Crippen LogP contribution in [0.4, 0.5) is 22.0 Å². The van der Waals surface area contributed by atoms with Gasteiger partial charge >= 0.3 is 12.1 Å². The van der Waals surface area contributed by atoms with E-state index in [1.807, 2.05) is 13.8 Å². The Morgan fingerprint density at radius 3 is 2.39 bits per heavy atom. The zero-order valence-electron chi connectivity index (χ0n) is 18.5. The molecule has 11 heteroatoms. The van der Waals surface area contributed by atoms with Crippen LogP contribution in [0.5, 0.6) is 0 Å². The van der Waals surface area contributed by atoms with Gasteiger partial charge in [0.15, 0.2) is 11.6 Å². The van der Waals surface area contributed by atoms with E-state index in [2.05, 4.69) is 20.3 Å². The van der Waals surface area contributed by atoms with Crippen molar-refractivity contribution in [3.05, 3.63) is 52.9 Å². The van der Waals surface area contributed by atoms with E-state index in [0.29, 0.717) is 32.0 Å². The minimum absolute atomic E-state index is 0.0431. The van der Waals surface area contributed by atoms with E-state index in [4.69, 9.17) is 4.52 Å². The number of nitrogens with zero attached hydrogens (tertiary/aromatic N) is 5. The highest BCUT2D eigenvalue weighted by Crippen LogP contribution is 2.45. The number of halogens is 5. The van der Waals surface area contributed by atoms with Gasteiger partial charge < -0.3 is 9.09 Å². The molecule has 176 valence electrons. The van der Waals surface area contributed by atoms with Gasteiger partial charge in [-0.25, -0.2) is 0 Å². The monoisotopic (exact) mass is 467 g/mol. The highest BCUT2D eigenvalue weighted by molar-refractivity contribution is 5.65. The molecule has 0 fully saturated rings. The van der Waals surface area contributed by atoms with Gasteiger partial charge in [0, 0.05) is 24.9 Å². The van der Waals surface area contributed by atoms with Crippen LogP contribution in [0.2, 0.25) is 0 Å². The highest BCUT2D eigenvalue weighted by Gasteiger charge is 2.40. The van der Waals surface area contributed by atoms with Gasteiger partial charge in [-0.15, -0.1) is 10.2 Å². The van der Waals surface area contributed by atoms with Gasteiger partial charge in [0.05, 0.1) is 5.56 Å². The van der Waals surface area contributed by atoms with Crippen LogP contribution in [0.3, 0.4) is 0 Å². The molecule has 0 bridgehead atoms. The van der Waals surface area contributed by atoms with Crippen molar-refractivity contribution >= 4 is 5.57 Å². The van der Waals surface area contributed by atoms with E-state index in [0.717, 1.165) is 17.2 Å². The normalized spacial score (nSPS) is 19.9. The van der Waals surface area contributed by atoms with E-state index in [-0.39, 0.29) is 17.2 Å².